The lowest BCUT2D eigenvalue weighted by Crippen LogP contribution is -2.29. The topological polar surface area (TPSA) is 84.8 Å². The lowest BCUT2D eigenvalue weighted by atomic mass is 9.99. The lowest BCUT2D eigenvalue weighted by molar-refractivity contribution is -0.00697. The number of fused-ring (bicyclic) bond motifs is 1. The van der Waals surface area contributed by atoms with Crippen molar-refractivity contribution < 1.29 is 9.53 Å². The zero-order valence-electron chi connectivity index (χ0n) is 12.2. The molecule has 112 valence electrons. The molecular formula is C14H19N5O2. The largest absolute Gasteiger partial charge is 0.369 e. The Labute approximate surface area is 122 Å². The average Bonchev–Trinajstić information content (AvgIpc) is 3.07. The molecule has 21 heavy (non-hydrogen) atoms. The molecular weight excluding hydrogens is 270 g/mol. The van der Waals surface area contributed by atoms with Crippen LogP contribution < -0.4 is 5.32 Å². The van der Waals surface area contributed by atoms with E-state index >= 15 is 0 Å². The second-order valence-corrected chi connectivity index (χ2v) is 5.31. The molecule has 0 aliphatic carbocycles. The standard InChI is InChI=1S/C14H19N5O2/c1-9-7-11-12(10(2)21-9)17-18-13(11)14(20)16-4-6-19-5-3-15-8-19/h3,5,8-10H,4,6-7H2,1-2H3,(H,16,20)(H,17,18)/t9-,10+/m1/s1. The number of ether oxygens (including phenoxy) is 1. The van der Waals surface area contributed by atoms with Crippen LogP contribution in [0.3, 0.4) is 0 Å². The van der Waals surface area contributed by atoms with Gasteiger partial charge in [0.15, 0.2) is 5.69 Å². The number of nitrogens with zero attached hydrogens (tertiary/aromatic N) is 3. The number of imidazole rings is 1. The van der Waals surface area contributed by atoms with E-state index in [2.05, 4.69) is 20.5 Å². The molecule has 1 amide bonds. The molecule has 0 saturated carbocycles. The smallest absolute Gasteiger partial charge is 0.272 e. The third-order valence-electron chi connectivity index (χ3n) is 3.66. The zero-order chi connectivity index (χ0) is 14.8. The first-order valence-corrected chi connectivity index (χ1v) is 7.11. The summed E-state index contributed by atoms with van der Waals surface area (Å²) in [7, 11) is 0. The van der Waals surface area contributed by atoms with E-state index < -0.39 is 0 Å². The number of amides is 1. The quantitative estimate of drug-likeness (QED) is 0.881. The van der Waals surface area contributed by atoms with Gasteiger partial charge in [-0.1, -0.05) is 0 Å². The fraction of sp³-hybridized carbons (Fsp3) is 0.500. The second-order valence-electron chi connectivity index (χ2n) is 5.31. The first-order chi connectivity index (χ1) is 10.1. The summed E-state index contributed by atoms with van der Waals surface area (Å²) in [6.45, 7) is 5.20. The average molecular weight is 289 g/mol. The van der Waals surface area contributed by atoms with E-state index in [1.165, 1.54) is 0 Å². The summed E-state index contributed by atoms with van der Waals surface area (Å²) < 4.78 is 7.64. The molecule has 3 rings (SSSR count). The van der Waals surface area contributed by atoms with Crippen LogP contribution in [0.25, 0.3) is 0 Å². The van der Waals surface area contributed by atoms with Crippen LogP contribution in [0.15, 0.2) is 18.7 Å². The van der Waals surface area contributed by atoms with E-state index in [-0.39, 0.29) is 18.1 Å². The summed E-state index contributed by atoms with van der Waals surface area (Å²) in [6.07, 6.45) is 6.06. The van der Waals surface area contributed by atoms with Gasteiger partial charge < -0.3 is 14.6 Å². The minimum atomic E-state index is -0.145. The number of H-pyrrole nitrogens is 1. The summed E-state index contributed by atoms with van der Waals surface area (Å²) in [5.41, 5.74) is 2.37. The van der Waals surface area contributed by atoms with Gasteiger partial charge in [0, 0.05) is 37.5 Å². The van der Waals surface area contributed by atoms with E-state index in [0.29, 0.717) is 25.2 Å². The second kappa shape index (κ2) is 5.69. The van der Waals surface area contributed by atoms with Crippen LogP contribution in [0.5, 0.6) is 0 Å². The predicted octanol–water partition coefficient (Wildman–Crippen LogP) is 1.06. The molecule has 2 atom stereocenters. The highest BCUT2D eigenvalue weighted by Gasteiger charge is 2.29. The lowest BCUT2D eigenvalue weighted by Gasteiger charge is -2.25. The Balaban J connectivity index is 1.65. The highest BCUT2D eigenvalue weighted by atomic mass is 16.5. The zero-order valence-corrected chi connectivity index (χ0v) is 12.2. The Morgan fingerprint density at radius 2 is 2.43 bits per heavy atom. The number of carbonyl (C=O) groups excluding carboxylic acids is 1. The fourth-order valence-electron chi connectivity index (χ4n) is 2.66. The maximum Gasteiger partial charge on any atom is 0.272 e. The van der Waals surface area contributed by atoms with Gasteiger partial charge in [-0.3, -0.25) is 9.89 Å². The molecule has 3 heterocycles. The summed E-state index contributed by atoms with van der Waals surface area (Å²) in [6, 6.07) is 0. The highest BCUT2D eigenvalue weighted by Crippen LogP contribution is 2.29. The number of aromatic nitrogens is 4. The third kappa shape index (κ3) is 2.82. The molecule has 0 fully saturated rings. The number of carbonyl (C=O) groups is 1. The minimum absolute atomic E-state index is 0.0521. The van der Waals surface area contributed by atoms with Crippen LogP contribution >= 0.6 is 0 Å². The van der Waals surface area contributed by atoms with Gasteiger partial charge in [0.2, 0.25) is 0 Å². The SMILES string of the molecule is C[C@@H]1Cc2c(C(=O)NCCn3ccnc3)n[nH]c2[C@H](C)O1. The van der Waals surface area contributed by atoms with Crippen molar-refractivity contribution in [1.82, 2.24) is 25.1 Å². The van der Waals surface area contributed by atoms with E-state index in [9.17, 15) is 4.79 Å². The predicted molar refractivity (Wildman–Crippen MR) is 75.8 cm³/mol. The van der Waals surface area contributed by atoms with Crippen LogP contribution in [0.4, 0.5) is 0 Å². The van der Waals surface area contributed by atoms with E-state index in [1.807, 2.05) is 24.6 Å². The Hall–Kier alpha value is -2.15. The van der Waals surface area contributed by atoms with Crippen molar-refractivity contribution in [2.24, 2.45) is 0 Å². The van der Waals surface area contributed by atoms with E-state index in [4.69, 9.17) is 4.74 Å². The molecule has 2 N–H and O–H groups in total. The Morgan fingerprint density at radius 3 is 3.19 bits per heavy atom. The fourth-order valence-corrected chi connectivity index (χ4v) is 2.66. The van der Waals surface area contributed by atoms with Gasteiger partial charge in [0.1, 0.15) is 0 Å². The van der Waals surface area contributed by atoms with Crippen LogP contribution in [-0.4, -0.2) is 38.3 Å². The minimum Gasteiger partial charge on any atom is -0.369 e. The molecule has 0 spiro atoms. The maximum atomic E-state index is 12.3. The van der Waals surface area contributed by atoms with Gasteiger partial charge in [0.05, 0.1) is 24.2 Å². The van der Waals surface area contributed by atoms with Crippen LogP contribution in [-0.2, 0) is 17.7 Å². The molecule has 0 saturated heterocycles. The van der Waals surface area contributed by atoms with Crippen LogP contribution in [0.2, 0.25) is 0 Å². The van der Waals surface area contributed by atoms with Crippen molar-refractivity contribution in [3.05, 3.63) is 35.7 Å². The molecule has 7 nitrogen and oxygen atoms in total. The Bertz CT molecular complexity index is 619. The first-order valence-electron chi connectivity index (χ1n) is 7.11. The van der Waals surface area contributed by atoms with Gasteiger partial charge in [-0.15, -0.1) is 0 Å². The molecule has 0 bridgehead atoms. The summed E-state index contributed by atoms with van der Waals surface area (Å²) in [5.74, 6) is -0.145. The van der Waals surface area contributed by atoms with E-state index in [1.54, 1.807) is 12.5 Å². The van der Waals surface area contributed by atoms with Crippen molar-refractivity contribution >= 4 is 5.91 Å². The van der Waals surface area contributed by atoms with Gasteiger partial charge in [-0.25, -0.2) is 4.98 Å². The summed E-state index contributed by atoms with van der Waals surface area (Å²) in [5, 5.41) is 9.98. The number of nitrogens with one attached hydrogen (secondary N) is 2. The summed E-state index contributed by atoms with van der Waals surface area (Å²) >= 11 is 0. The third-order valence-corrected chi connectivity index (χ3v) is 3.66. The van der Waals surface area contributed by atoms with Crippen molar-refractivity contribution in [3.63, 3.8) is 0 Å². The molecule has 0 radical (unpaired) electrons. The summed E-state index contributed by atoms with van der Waals surface area (Å²) in [4.78, 5) is 16.2. The number of rotatable bonds is 4. The van der Waals surface area contributed by atoms with Crippen molar-refractivity contribution in [2.75, 3.05) is 6.54 Å². The van der Waals surface area contributed by atoms with Gasteiger partial charge in [-0.05, 0) is 13.8 Å². The number of hydrogen-bond donors (Lipinski definition) is 2. The molecule has 7 heteroatoms. The molecule has 1 aliphatic heterocycles. The van der Waals surface area contributed by atoms with Gasteiger partial charge in [0.25, 0.3) is 5.91 Å². The van der Waals surface area contributed by atoms with Gasteiger partial charge in [-0.2, -0.15) is 5.10 Å². The van der Waals surface area contributed by atoms with Gasteiger partial charge >= 0.3 is 0 Å². The Morgan fingerprint density at radius 1 is 1.57 bits per heavy atom. The first kappa shape index (κ1) is 13.8. The molecule has 2 aromatic heterocycles. The number of aromatic amines is 1. The van der Waals surface area contributed by atoms with Crippen molar-refractivity contribution in [3.8, 4) is 0 Å². The number of hydrogen-bond acceptors (Lipinski definition) is 4. The molecule has 0 aromatic carbocycles. The van der Waals surface area contributed by atoms with E-state index in [0.717, 1.165) is 11.3 Å². The molecule has 0 unspecified atom stereocenters. The normalized spacial score (nSPS) is 21.0. The Kier molecular flexibility index (Phi) is 3.74. The van der Waals surface area contributed by atoms with Crippen LogP contribution in [0, 0.1) is 0 Å². The van der Waals surface area contributed by atoms with Crippen molar-refractivity contribution in [2.45, 2.75) is 39.0 Å². The molecule has 1 aliphatic rings. The monoisotopic (exact) mass is 289 g/mol. The maximum absolute atomic E-state index is 12.3. The van der Waals surface area contributed by atoms with Crippen molar-refractivity contribution in [1.29, 1.82) is 0 Å². The molecule has 2 aromatic rings. The van der Waals surface area contributed by atoms with Crippen LogP contribution in [0.1, 0.15) is 41.7 Å². The highest BCUT2D eigenvalue weighted by molar-refractivity contribution is 5.94.